The van der Waals surface area contributed by atoms with Gasteiger partial charge in [-0.15, -0.1) is 11.3 Å². The number of hydrogen-bond donors (Lipinski definition) is 1. The number of nitrogens with zero attached hydrogens (tertiary/aromatic N) is 2. The highest BCUT2D eigenvalue weighted by atomic mass is 32.2. The number of para-hydroxylation sites is 1. The number of carbonyl (C=O) groups excluding carboxylic acids is 1. The fraction of sp³-hybridized carbons (Fsp3) is 0.267. The van der Waals surface area contributed by atoms with Gasteiger partial charge >= 0.3 is 0 Å². The maximum atomic E-state index is 13.8. The molecule has 0 saturated carbocycles. The van der Waals surface area contributed by atoms with E-state index in [0.29, 0.717) is 18.8 Å². The van der Waals surface area contributed by atoms with Crippen molar-refractivity contribution in [2.75, 3.05) is 31.1 Å². The van der Waals surface area contributed by atoms with Crippen LogP contribution in [0.25, 0.3) is 0 Å². The molecule has 0 bridgehead atoms. The molecule has 0 atom stereocenters. The molecule has 6 nitrogen and oxygen atoms in total. The number of carbonyl (C=O) groups is 1. The number of primary amides is 1. The molecule has 0 radical (unpaired) electrons. The highest BCUT2D eigenvalue weighted by Crippen LogP contribution is 2.25. The summed E-state index contributed by atoms with van der Waals surface area (Å²) < 4.78 is 40.4. The van der Waals surface area contributed by atoms with E-state index in [0.717, 1.165) is 11.3 Å². The Bertz CT molecular complexity index is 858. The Kier molecular flexibility index (Phi) is 4.57. The van der Waals surface area contributed by atoms with E-state index in [1.807, 2.05) is 4.90 Å². The summed E-state index contributed by atoms with van der Waals surface area (Å²) in [4.78, 5) is 13.2. The molecule has 1 amide bonds. The van der Waals surface area contributed by atoms with Crippen LogP contribution < -0.4 is 10.6 Å². The highest BCUT2D eigenvalue weighted by molar-refractivity contribution is 7.89. The van der Waals surface area contributed by atoms with Crippen molar-refractivity contribution in [2.24, 2.45) is 5.73 Å². The largest absolute Gasteiger partial charge is 0.367 e. The van der Waals surface area contributed by atoms with E-state index in [4.69, 9.17) is 5.73 Å². The molecule has 128 valence electrons. The minimum atomic E-state index is -3.67. The van der Waals surface area contributed by atoms with Crippen molar-refractivity contribution in [1.82, 2.24) is 4.31 Å². The molecule has 1 fully saturated rings. The van der Waals surface area contributed by atoms with Crippen LogP contribution in [0.5, 0.6) is 0 Å². The second-order valence-corrected chi connectivity index (χ2v) is 8.20. The predicted octanol–water partition coefficient (Wildman–Crippen LogP) is 1.50. The molecule has 24 heavy (non-hydrogen) atoms. The predicted molar refractivity (Wildman–Crippen MR) is 90.2 cm³/mol. The maximum Gasteiger partial charge on any atom is 0.258 e. The van der Waals surface area contributed by atoms with Crippen LogP contribution in [0.4, 0.5) is 10.1 Å². The van der Waals surface area contributed by atoms with Gasteiger partial charge in [0.1, 0.15) is 5.82 Å². The monoisotopic (exact) mass is 369 g/mol. The van der Waals surface area contributed by atoms with E-state index in [1.165, 1.54) is 21.8 Å². The van der Waals surface area contributed by atoms with Gasteiger partial charge in [0.05, 0.1) is 15.5 Å². The van der Waals surface area contributed by atoms with Gasteiger partial charge in [-0.3, -0.25) is 4.79 Å². The molecule has 1 saturated heterocycles. The summed E-state index contributed by atoms with van der Waals surface area (Å²) in [5.74, 6) is -0.969. The first-order valence-electron chi connectivity index (χ1n) is 7.27. The number of hydrogen-bond acceptors (Lipinski definition) is 5. The molecule has 9 heteroatoms. The van der Waals surface area contributed by atoms with Crippen molar-refractivity contribution >= 4 is 33.0 Å². The lowest BCUT2D eigenvalue weighted by molar-refractivity contribution is 0.100. The van der Waals surface area contributed by atoms with Crippen LogP contribution in [0.15, 0.2) is 40.6 Å². The van der Waals surface area contributed by atoms with E-state index < -0.39 is 15.9 Å². The fourth-order valence-corrected chi connectivity index (χ4v) is 5.15. The Morgan fingerprint density at radius 2 is 1.83 bits per heavy atom. The lowest BCUT2D eigenvalue weighted by Gasteiger charge is -2.35. The van der Waals surface area contributed by atoms with E-state index in [-0.39, 0.29) is 28.7 Å². The van der Waals surface area contributed by atoms with Crippen molar-refractivity contribution < 1.29 is 17.6 Å². The van der Waals surface area contributed by atoms with Gasteiger partial charge in [-0.2, -0.15) is 4.31 Å². The number of anilines is 1. The van der Waals surface area contributed by atoms with Gasteiger partial charge in [-0.25, -0.2) is 12.8 Å². The summed E-state index contributed by atoms with van der Waals surface area (Å²) in [5, 5.41) is 1.42. The third-order valence-electron chi connectivity index (χ3n) is 3.89. The van der Waals surface area contributed by atoms with Crippen molar-refractivity contribution in [3.05, 3.63) is 46.4 Å². The van der Waals surface area contributed by atoms with E-state index in [2.05, 4.69) is 0 Å². The zero-order valence-corrected chi connectivity index (χ0v) is 14.3. The van der Waals surface area contributed by atoms with Gasteiger partial charge in [0, 0.05) is 31.6 Å². The molecular weight excluding hydrogens is 353 g/mol. The number of halogens is 1. The van der Waals surface area contributed by atoms with Crippen LogP contribution in [-0.4, -0.2) is 44.8 Å². The Labute approximate surface area is 143 Å². The molecule has 2 heterocycles. The van der Waals surface area contributed by atoms with Crippen LogP contribution in [-0.2, 0) is 10.0 Å². The minimum absolute atomic E-state index is 0.0700. The summed E-state index contributed by atoms with van der Waals surface area (Å²) in [7, 11) is -3.67. The van der Waals surface area contributed by atoms with Gasteiger partial charge in [0.2, 0.25) is 10.0 Å². The standard InChI is InChI=1S/C15H16FN3O3S2/c16-12-3-1-2-4-13(12)18-5-7-19(8-6-18)24(21,22)11-9-14(15(17)20)23-10-11/h1-4,9-10H,5-8H2,(H2,17,20). The first-order chi connectivity index (χ1) is 11.4. The molecule has 3 rings (SSSR count). The third-order valence-corrected chi connectivity index (χ3v) is 6.86. The van der Waals surface area contributed by atoms with Crippen LogP contribution in [0.1, 0.15) is 9.67 Å². The molecule has 1 aromatic carbocycles. The number of sulfonamides is 1. The van der Waals surface area contributed by atoms with E-state index >= 15 is 0 Å². The molecule has 2 N–H and O–H groups in total. The number of thiophene rings is 1. The average molecular weight is 369 g/mol. The van der Waals surface area contributed by atoms with Crippen molar-refractivity contribution in [3.63, 3.8) is 0 Å². The SMILES string of the molecule is NC(=O)c1cc(S(=O)(=O)N2CCN(c3ccccc3F)CC2)cs1. The molecular formula is C15H16FN3O3S2. The molecule has 0 spiro atoms. The zero-order valence-electron chi connectivity index (χ0n) is 12.7. The number of benzene rings is 1. The Balaban J connectivity index is 1.73. The van der Waals surface area contributed by atoms with Gasteiger partial charge in [0.15, 0.2) is 0 Å². The topological polar surface area (TPSA) is 83.7 Å². The van der Waals surface area contributed by atoms with Crippen molar-refractivity contribution in [3.8, 4) is 0 Å². The van der Waals surface area contributed by atoms with Crippen LogP contribution in [0.2, 0.25) is 0 Å². The number of rotatable bonds is 4. The molecule has 1 aliphatic rings. The highest BCUT2D eigenvalue weighted by Gasteiger charge is 2.30. The number of piperazine rings is 1. The molecule has 1 aromatic heterocycles. The maximum absolute atomic E-state index is 13.8. The average Bonchev–Trinajstić information content (AvgIpc) is 3.06. The number of nitrogens with two attached hydrogens (primary N) is 1. The van der Waals surface area contributed by atoms with Crippen LogP contribution in [0, 0.1) is 5.82 Å². The number of amides is 1. The fourth-order valence-electron chi connectivity index (χ4n) is 2.61. The zero-order chi connectivity index (χ0) is 17.3. The summed E-state index contributed by atoms with van der Waals surface area (Å²) in [6, 6.07) is 7.73. The van der Waals surface area contributed by atoms with Crippen LogP contribution >= 0.6 is 11.3 Å². The minimum Gasteiger partial charge on any atom is -0.367 e. The Morgan fingerprint density at radius 1 is 1.17 bits per heavy atom. The molecule has 2 aromatic rings. The molecule has 0 aliphatic carbocycles. The van der Waals surface area contributed by atoms with Gasteiger partial charge in [-0.1, -0.05) is 12.1 Å². The van der Waals surface area contributed by atoms with Crippen molar-refractivity contribution in [1.29, 1.82) is 0 Å². The summed E-state index contributed by atoms with van der Waals surface area (Å²) in [5.41, 5.74) is 5.64. The lowest BCUT2D eigenvalue weighted by Crippen LogP contribution is -2.48. The third kappa shape index (κ3) is 3.14. The van der Waals surface area contributed by atoms with Gasteiger partial charge < -0.3 is 10.6 Å². The van der Waals surface area contributed by atoms with E-state index in [9.17, 15) is 17.6 Å². The van der Waals surface area contributed by atoms with Crippen molar-refractivity contribution in [2.45, 2.75) is 4.90 Å². The van der Waals surface area contributed by atoms with Gasteiger partial charge in [0.25, 0.3) is 5.91 Å². The normalized spacial score (nSPS) is 16.3. The second kappa shape index (κ2) is 6.50. The molecule has 0 unspecified atom stereocenters. The van der Waals surface area contributed by atoms with Crippen LogP contribution in [0.3, 0.4) is 0 Å². The van der Waals surface area contributed by atoms with E-state index in [1.54, 1.807) is 18.2 Å². The summed E-state index contributed by atoms with van der Waals surface area (Å²) in [6.45, 7) is 1.29. The second-order valence-electron chi connectivity index (χ2n) is 5.35. The lowest BCUT2D eigenvalue weighted by atomic mass is 10.2. The smallest absolute Gasteiger partial charge is 0.258 e. The first-order valence-corrected chi connectivity index (χ1v) is 9.59. The first kappa shape index (κ1) is 16.9. The molecule has 1 aliphatic heterocycles. The summed E-state index contributed by atoms with van der Waals surface area (Å²) >= 11 is 1.01. The summed E-state index contributed by atoms with van der Waals surface area (Å²) in [6.07, 6.45) is 0. The van der Waals surface area contributed by atoms with Gasteiger partial charge in [-0.05, 0) is 18.2 Å². The quantitative estimate of drug-likeness (QED) is 0.885. The Hall–Kier alpha value is -1.97. The Morgan fingerprint density at radius 3 is 2.42 bits per heavy atom.